The number of aromatic nitrogens is 5. The maximum atomic E-state index is 12.5. The maximum Gasteiger partial charge on any atom is 0.273 e. The van der Waals surface area contributed by atoms with Gasteiger partial charge in [0.25, 0.3) is 5.56 Å². The lowest BCUT2D eigenvalue weighted by atomic mass is 10.3. The van der Waals surface area contributed by atoms with Crippen molar-refractivity contribution in [1.82, 2.24) is 29.9 Å². The number of para-hydroxylation sites is 1. The molecule has 24 heavy (non-hydrogen) atoms. The fourth-order valence-corrected chi connectivity index (χ4v) is 2.25. The quantitative estimate of drug-likeness (QED) is 0.702. The Kier molecular flexibility index (Phi) is 4.66. The minimum absolute atomic E-state index is 0.211. The molecular formula is C16H19N7O. The molecule has 8 heteroatoms. The lowest BCUT2D eigenvalue weighted by Crippen LogP contribution is -2.25. The molecule has 2 aromatic heterocycles. The first kappa shape index (κ1) is 15.9. The van der Waals surface area contributed by atoms with E-state index in [1.165, 1.54) is 17.1 Å². The second-order valence-electron chi connectivity index (χ2n) is 5.56. The van der Waals surface area contributed by atoms with Gasteiger partial charge in [-0.1, -0.05) is 18.2 Å². The maximum absolute atomic E-state index is 12.5. The van der Waals surface area contributed by atoms with Gasteiger partial charge in [0, 0.05) is 19.2 Å². The number of rotatable bonds is 6. The van der Waals surface area contributed by atoms with Gasteiger partial charge in [0.2, 0.25) is 0 Å². The smallest absolute Gasteiger partial charge is 0.273 e. The van der Waals surface area contributed by atoms with Crippen LogP contribution in [0.2, 0.25) is 0 Å². The van der Waals surface area contributed by atoms with Crippen LogP contribution in [-0.4, -0.2) is 57.0 Å². The Balaban J connectivity index is 2.03. The molecule has 0 fully saturated rings. The summed E-state index contributed by atoms with van der Waals surface area (Å²) in [6, 6.07) is 10.8. The van der Waals surface area contributed by atoms with Crippen LogP contribution in [0, 0.1) is 0 Å². The number of likely N-dealkylation sites (N-methyl/N-ethyl adjacent to an activating group) is 1. The van der Waals surface area contributed by atoms with E-state index in [4.69, 9.17) is 0 Å². The molecule has 0 aliphatic heterocycles. The molecule has 0 saturated carbocycles. The molecule has 0 unspecified atom stereocenters. The fraction of sp³-hybridized carbons (Fsp3) is 0.250. The van der Waals surface area contributed by atoms with Crippen LogP contribution in [0.15, 0.2) is 47.5 Å². The molecule has 0 spiro atoms. The minimum Gasteiger partial charge on any atom is -0.382 e. The van der Waals surface area contributed by atoms with Crippen molar-refractivity contribution < 1.29 is 0 Å². The van der Waals surface area contributed by atoms with Crippen LogP contribution in [0.5, 0.6) is 0 Å². The lowest BCUT2D eigenvalue weighted by molar-refractivity contribution is 0.425. The second kappa shape index (κ2) is 7.05. The van der Waals surface area contributed by atoms with E-state index >= 15 is 0 Å². The zero-order valence-corrected chi connectivity index (χ0v) is 13.6. The average molecular weight is 325 g/mol. The van der Waals surface area contributed by atoms with Gasteiger partial charge in [-0.15, -0.1) is 0 Å². The number of benzene rings is 1. The zero-order valence-electron chi connectivity index (χ0n) is 13.6. The molecule has 2 heterocycles. The Morgan fingerprint density at radius 1 is 1.25 bits per heavy atom. The van der Waals surface area contributed by atoms with Crippen molar-refractivity contribution in [3.8, 4) is 17.2 Å². The van der Waals surface area contributed by atoms with Gasteiger partial charge in [-0.25, -0.2) is 4.98 Å². The zero-order chi connectivity index (χ0) is 16.9. The van der Waals surface area contributed by atoms with E-state index in [-0.39, 0.29) is 5.56 Å². The van der Waals surface area contributed by atoms with E-state index in [1.807, 2.05) is 44.4 Å². The number of hydrogen-bond acceptors (Lipinski definition) is 6. The first-order valence-electron chi connectivity index (χ1n) is 7.59. The standard InChI is InChI=1S/C16H19N7O/c1-22(2)9-8-17-13-10-14(24)23(12-6-4-3-5-7-12)21-15(13)16-18-11-19-20-16/h3-7,10-11,17H,8-9H2,1-2H3,(H,18,19,20). The Labute approximate surface area is 139 Å². The van der Waals surface area contributed by atoms with E-state index in [2.05, 4.69) is 30.5 Å². The largest absolute Gasteiger partial charge is 0.382 e. The molecule has 0 aliphatic carbocycles. The SMILES string of the molecule is CN(C)CCNc1cc(=O)n(-c2ccccc2)nc1-c1ncn[nH]1. The highest BCUT2D eigenvalue weighted by Gasteiger charge is 2.14. The van der Waals surface area contributed by atoms with Crippen LogP contribution >= 0.6 is 0 Å². The summed E-state index contributed by atoms with van der Waals surface area (Å²) in [5.41, 5.74) is 1.67. The van der Waals surface area contributed by atoms with Gasteiger partial charge in [0.1, 0.15) is 6.33 Å². The van der Waals surface area contributed by atoms with Gasteiger partial charge < -0.3 is 10.2 Å². The van der Waals surface area contributed by atoms with Crippen molar-refractivity contribution in [2.45, 2.75) is 0 Å². The molecule has 0 radical (unpaired) electrons. The number of anilines is 1. The number of nitrogens with zero attached hydrogens (tertiary/aromatic N) is 5. The molecule has 1 aromatic carbocycles. The van der Waals surface area contributed by atoms with Gasteiger partial charge in [0.15, 0.2) is 11.5 Å². The molecular weight excluding hydrogens is 306 g/mol. The molecule has 0 bridgehead atoms. The molecule has 3 aromatic rings. The van der Waals surface area contributed by atoms with Crippen molar-refractivity contribution in [2.75, 3.05) is 32.5 Å². The Hall–Kier alpha value is -3.00. The average Bonchev–Trinajstić information content (AvgIpc) is 3.10. The van der Waals surface area contributed by atoms with Crippen LogP contribution in [-0.2, 0) is 0 Å². The third-order valence-electron chi connectivity index (χ3n) is 3.45. The third kappa shape index (κ3) is 3.49. The van der Waals surface area contributed by atoms with E-state index < -0.39 is 0 Å². The topological polar surface area (TPSA) is 91.7 Å². The molecule has 0 aliphatic rings. The predicted molar refractivity (Wildman–Crippen MR) is 92.3 cm³/mol. The van der Waals surface area contributed by atoms with Gasteiger partial charge in [-0.05, 0) is 26.2 Å². The van der Waals surface area contributed by atoms with Gasteiger partial charge in [-0.2, -0.15) is 14.9 Å². The van der Waals surface area contributed by atoms with Gasteiger partial charge in [-0.3, -0.25) is 9.89 Å². The minimum atomic E-state index is -0.211. The molecule has 2 N–H and O–H groups in total. The lowest BCUT2D eigenvalue weighted by Gasteiger charge is -2.14. The second-order valence-corrected chi connectivity index (χ2v) is 5.56. The molecule has 0 amide bonds. The number of nitrogens with one attached hydrogen (secondary N) is 2. The summed E-state index contributed by atoms with van der Waals surface area (Å²) in [5.74, 6) is 0.507. The van der Waals surface area contributed by atoms with Gasteiger partial charge in [0.05, 0.1) is 11.4 Å². The highest BCUT2D eigenvalue weighted by atomic mass is 16.1. The van der Waals surface area contributed by atoms with Crippen molar-refractivity contribution in [2.24, 2.45) is 0 Å². The fourth-order valence-electron chi connectivity index (χ4n) is 2.25. The summed E-state index contributed by atoms with van der Waals surface area (Å²) >= 11 is 0. The Bertz CT molecular complexity index is 841. The summed E-state index contributed by atoms with van der Waals surface area (Å²) in [4.78, 5) is 18.7. The van der Waals surface area contributed by atoms with Crippen molar-refractivity contribution >= 4 is 5.69 Å². The molecule has 3 rings (SSSR count). The number of H-pyrrole nitrogens is 1. The van der Waals surface area contributed by atoms with E-state index in [9.17, 15) is 4.79 Å². The van der Waals surface area contributed by atoms with Crippen molar-refractivity contribution in [1.29, 1.82) is 0 Å². The van der Waals surface area contributed by atoms with Crippen LogP contribution in [0.4, 0.5) is 5.69 Å². The molecule has 0 saturated heterocycles. The normalized spacial score (nSPS) is 11.0. The van der Waals surface area contributed by atoms with Crippen LogP contribution in [0.3, 0.4) is 0 Å². The van der Waals surface area contributed by atoms with Gasteiger partial charge >= 0.3 is 0 Å². The molecule has 0 atom stereocenters. The van der Waals surface area contributed by atoms with Crippen molar-refractivity contribution in [3.05, 3.63) is 53.1 Å². The summed E-state index contributed by atoms with van der Waals surface area (Å²) in [5, 5.41) is 14.4. The Morgan fingerprint density at radius 3 is 2.71 bits per heavy atom. The van der Waals surface area contributed by atoms with Crippen molar-refractivity contribution in [3.63, 3.8) is 0 Å². The van der Waals surface area contributed by atoms with Crippen LogP contribution < -0.4 is 10.9 Å². The first-order chi connectivity index (χ1) is 11.6. The summed E-state index contributed by atoms with van der Waals surface area (Å²) in [6.07, 6.45) is 1.42. The first-order valence-corrected chi connectivity index (χ1v) is 7.59. The van der Waals surface area contributed by atoms with E-state index in [0.29, 0.717) is 29.4 Å². The highest BCUT2D eigenvalue weighted by molar-refractivity contribution is 5.68. The summed E-state index contributed by atoms with van der Waals surface area (Å²) in [7, 11) is 3.98. The van der Waals surface area contributed by atoms with E-state index in [1.54, 1.807) is 0 Å². The third-order valence-corrected chi connectivity index (χ3v) is 3.45. The van der Waals surface area contributed by atoms with Crippen LogP contribution in [0.1, 0.15) is 0 Å². The van der Waals surface area contributed by atoms with Crippen LogP contribution in [0.25, 0.3) is 17.2 Å². The number of aromatic amines is 1. The van der Waals surface area contributed by atoms with E-state index in [0.717, 1.165) is 6.54 Å². The molecule has 124 valence electrons. The Morgan fingerprint density at radius 2 is 2.04 bits per heavy atom. The highest BCUT2D eigenvalue weighted by Crippen LogP contribution is 2.20. The summed E-state index contributed by atoms with van der Waals surface area (Å²) < 4.78 is 1.36. The summed E-state index contributed by atoms with van der Waals surface area (Å²) in [6.45, 7) is 1.52. The predicted octanol–water partition coefficient (Wildman–Crippen LogP) is 0.991. The monoisotopic (exact) mass is 325 g/mol. The number of hydrogen-bond donors (Lipinski definition) is 2. The molecule has 8 nitrogen and oxygen atoms in total.